The van der Waals surface area contributed by atoms with Crippen LogP contribution in [0.1, 0.15) is 19.3 Å². The number of ether oxygens (including phenoxy) is 2. The molecule has 0 unspecified atom stereocenters. The van der Waals surface area contributed by atoms with Gasteiger partial charge >= 0.3 is 0 Å². The Hall–Kier alpha value is -1.74. The smallest absolute Gasteiger partial charge is 0.127 e. The average Bonchev–Trinajstić information content (AvgIpc) is 2.55. The van der Waals surface area contributed by atoms with Crippen LogP contribution in [-0.4, -0.2) is 38.3 Å². The number of hydrogen-bond acceptors (Lipinski definition) is 3. The zero-order valence-electron chi connectivity index (χ0n) is 12.7. The predicted octanol–water partition coefficient (Wildman–Crippen LogP) is 3.71. The highest BCUT2D eigenvalue weighted by Gasteiger charge is 2.10. The van der Waals surface area contributed by atoms with Crippen molar-refractivity contribution < 1.29 is 9.47 Å². The minimum Gasteiger partial charge on any atom is -0.497 e. The molecule has 112 valence electrons. The summed E-state index contributed by atoms with van der Waals surface area (Å²) in [5, 5.41) is 2.31. The van der Waals surface area contributed by atoms with E-state index in [1.807, 2.05) is 24.3 Å². The molecule has 0 atom stereocenters. The van der Waals surface area contributed by atoms with Crippen LogP contribution >= 0.6 is 0 Å². The third kappa shape index (κ3) is 3.48. The quantitative estimate of drug-likeness (QED) is 0.836. The zero-order chi connectivity index (χ0) is 14.5. The first-order valence-corrected chi connectivity index (χ1v) is 7.79. The molecule has 21 heavy (non-hydrogen) atoms. The largest absolute Gasteiger partial charge is 0.497 e. The summed E-state index contributed by atoms with van der Waals surface area (Å²) in [6.45, 7) is 4.19. The lowest BCUT2D eigenvalue weighted by molar-refractivity contribution is 0.184. The van der Waals surface area contributed by atoms with Crippen LogP contribution in [0.25, 0.3) is 10.8 Å². The van der Waals surface area contributed by atoms with Gasteiger partial charge in [-0.15, -0.1) is 0 Å². The van der Waals surface area contributed by atoms with Gasteiger partial charge in [-0.1, -0.05) is 24.6 Å². The second-order valence-electron chi connectivity index (χ2n) is 5.59. The zero-order valence-corrected chi connectivity index (χ0v) is 12.7. The third-order valence-corrected chi connectivity index (χ3v) is 4.16. The second kappa shape index (κ2) is 6.81. The normalized spacial score (nSPS) is 16.0. The van der Waals surface area contributed by atoms with Crippen molar-refractivity contribution in [3.8, 4) is 11.5 Å². The molecule has 0 saturated carbocycles. The number of benzene rings is 2. The summed E-state index contributed by atoms with van der Waals surface area (Å²) in [5.41, 5.74) is 0. The SMILES string of the molecule is COc1ccc2cccc(OCCN3CCCCC3)c2c1. The predicted molar refractivity (Wildman–Crippen MR) is 86.3 cm³/mol. The molecule has 3 rings (SSSR count). The van der Waals surface area contributed by atoms with E-state index in [-0.39, 0.29) is 0 Å². The molecule has 1 aliphatic heterocycles. The number of fused-ring (bicyclic) bond motifs is 1. The number of nitrogens with zero attached hydrogens (tertiary/aromatic N) is 1. The Labute approximate surface area is 126 Å². The summed E-state index contributed by atoms with van der Waals surface area (Å²) in [5.74, 6) is 1.82. The summed E-state index contributed by atoms with van der Waals surface area (Å²) >= 11 is 0. The monoisotopic (exact) mass is 285 g/mol. The lowest BCUT2D eigenvalue weighted by atomic mass is 10.1. The molecule has 0 aromatic heterocycles. The summed E-state index contributed by atoms with van der Waals surface area (Å²) in [7, 11) is 1.70. The summed E-state index contributed by atoms with van der Waals surface area (Å²) in [6, 6.07) is 12.3. The van der Waals surface area contributed by atoms with Gasteiger partial charge < -0.3 is 9.47 Å². The minimum atomic E-state index is 0.746. The van der Waals surface area contributed by atoms with Crippen LogP contribution < -0.4 is 9.47 Å². The third-order valence-electron chi connectivity index (χ3n) is 4.16. The van der Waals surface area contributed by atoms with E-state index >= 15 is 0 Å². The van der Waals surface area contributed by atoms with Crippen molar-refractivity contribution in [3.05, 3.63) is 36.4 Å². The van der Waals surface area contributed by atoms with Crippen molar-refractivity contribution in [2.75, 3.05) is 33.4 Å². The second-order valence-corrected chi connectivity index (χ2v) is 5.59. The molecule has 1 fully saturated rings. The molecular formula is C18H23NO2. The van der Waals surface area contributed by atoms with Gasteiger partial charge in [0.05, 0.1) is 7.11 Å². The van der Waals surface area contributed by atoms with Crippen molar-refractivity contribution >= 4 is 10.8 Å². The molecule has 0 N–H and O–H groups in total. The van der Waals surface area contributed by atoms with E-state index in [1.54, 1.807) is 7.11 Å². The Morgan fingerprint density at radius 2 is 1.90 bits per heavy atom. The number of methoxy groups -OCH3 is 1. The van der Waals surface area contributed by atoms with Crippen LogP contribution in [0.5, 0.6) is 11.5 Å². The lowest BCUT2D eigenvalue weighted by Gasteiger charge is -2.26. The van der Waals surface area contributed by atoms with E-state index in [9.17, 15) is 0 Å². The summed E-state index contributed by atoms with van der Waals surface area (Å²) < 4.78 is 11.3. The molecule has 3 heteroatoms. The summed E-state index contributed by atoms with van der Waals surface area (Å²) in [4.78, 5) is 2.50. The van der Waals surface area contributed by atoms with E-state index in [0.29, 0.717) is 0 Å². The lowest BCUT2D eigenvalue weighted by Crippen LogP contribution is -2.33. The molecule has 0 radical (unpaired) electrons. The number of rotatable bonds is 5. The van der Waals surface area contributed by atoms with E-state index in [0.717, 1.165) is 30.0 Å². The molecule has 1 saturated heterocycles. The topological polar surface area (TPSA) is 21.7 Å². The Morgan fingerprint density at radius 1 is 1.05 bits per heavy atom. The fourth-order valence-corrected chi connectivity index (χ4v) is 2.94. The number of piperidine rings is 1. The first-order valence-electron chi connectivity index (χ1n) is 7.79. The van der Waals surface area contributed by atoms with Crippen molar-refractivity contribution in [1.82, 2.24) is 4.90 Å². The van der Waals surface area contributed by atoms with Gasteiger partial charge in [-0.05, 0) is 49.5 Å². The highest BCUT2D eigenvalue weighted by Crippen LogP contribution is 2.29. The molecule has 0 aliphatic carbocycles. The number of likely N-dealkylation sites (tertiary alicyclic amines) is 1. The van der Waals surface area contributed by atoms with Gasteiger partial charge in [0.15, 0.2) is 0 Å². The van der Waals surface area contributed by atoms with Crippen LogP contribution in [0.4, 0.5) is 0 Å². The molecule has 0 amide bonds. The molecule has 2 aromatic rings. The first-order chi connectivity index (χ1) is 10.4. The first kappa shape index (κ1) is 14.2. The molecule has 1 heterocycles. The molecular weight excluding hydrogens is 262 g/mol. The van der Waals surface area contributed by atoms with Crippen molar-refractivity contribution in [3.63, 3.8) is 0 Å². The van der Waals surface area contributed by atoms with E-state index in [1.165, 1.54) is 37.7 Å². The van der Waals surface area contributed by atoms with E-state index in [4.69, 9.17) is 9.47 Å². The van der Waals surface area contributed by atoms with Gasteiger partial charge in [-0.3, -0.25) is 4.90 Å². The van der Waals surface area contributed by atoms with Crippen molar-refractivity contribution in [2.45, 2.75) is 19.3 Å². The average molecular weight is 285 g/mol. The fourth-order valence-electron chi connectivity index (χ4n) is 2.94. The molecule has 0 spiro atoms. The van der Waals surface area contributed by atoms with Gasteiger partial charge in [0, 0.05) is 11.9 Å². The van der Waals surface area contributed by atoms with Crippen molar-refractivity contribution in [1.29, 1.82) is 0 Å². The van der Waals surface area contributed by atoms with Crippen LogP contribution in [-0.2, 0) is 0 Å². The molecule has 0 bridgehead atoms. The van der Waals surface area contributed by atoms with Crippen LogP contribution in [0, 0.1) is 0 Å². The maximum atomic E-state index is 6.02. The van der Waals surface area contributed by atoms with Gasteiger partial charge in [0.1, 0.15) is 18.1 Å². The highest BCUT2D eigenvalue weighted by molar-refractivity contribution is 5.89. The van der Waals surface area contributed by atoms with Crippen LogP contribution in [0.3, 0.4) is 0 Å². The van der Waals surface area contributed by atoms with Gasteiger partial charge in [-0.25, -0.2) is 0 Å². The standard InChI is InChI=1S/C18H23NO2/c1-20-16-9-8-15-6-5-7-18(17(15)14-16)21-13-12-19-10-3-2-4-11-19/h5-9,14H,2-4,10-13H2,1H3. The fraction of sp³-hybridized carbons (Fsp3) is 0.444. The Bertz CT molecular complexity index is 591. The van der Waals surface area contributed by atoms with Crippen LogP contribution in [0.15, 0.2) is 36.4 Å². The van der Waals surface area contributed by atoms with E-state index < -0.39 is 0 Å². The molecule has 2 aromatic carbocycles. The van der Waals surface area contributed by atoms with Crippen molar-refractivity contribution in [2.24, 2.45) is 0 Å². The maximum absolute atomic E-state index is 6.02. The highest BCUT2D eigenvalue weighted by atomic mass is 16.5. The van der Waals surface area contributed by atoms with Gasteiger partial charge in [-0.2, -0.15) is 0 Å². The summed E-state index contributed by atoms with van der Waals surface area (Å²) in [6.07, 6.45) is 4.03. The number of hydrogen-bond donors (Lipinski definition) is 0. The molecule has 1 aliphatic rings. The van der Waals surface area contributed by atoms with Gasteiger partial charge in [0.2, 0.25) is 0 Å². The Morgan fingerprint density at radius 3 is 2.71 bits per heavy atom. The van der Waals surface area contributed by atoms with Gasteiger partial charge in [0.25, 0.3) is 0 Å². The van der Waals surface area contributed by atoms with E-state index in [2.05, 4.69) is 17.0 Å². The molecule has 3 nitrogen and oxygen atoms in total. The maximum Gasteiger partial charge on any atom is 0.127 e. The minimum absolute atomic E-state index is 0.746. The Kier molecular flexibility index (Phi) is 4.61. The Balaban J connectivity index is 1.68. The van der Waals surface area contributed by atoms with Crippen LogP contribution in [0.2, 0.25) is 0 Å².